The van der Waals surface area contributed by atoms with E-state index in [0.717, 1.165) is 6.54 Å². The second kappa shape index (κ2) is 7.64. The summed E-state index contributed by atoms with van der Waals surface area (Å²) in [4.78, 5) is 22.8. The van der Waals surface area contributed by atoms with Gasteiger partial charge in [-0.15, -0.1) is 0 Å². The zero-order valence-corrected chi connectivity index (χ0v) is 13.4. The van der Waals surface area contributed by atoms with Crippen LogP contribution < -0.4 is 10.6 Å². The van der Waals surface area contributed by atoms with Gasteiger partial charge in [-0.2, -0.15) is 0 Å². The van der Waals surface area contributed by atoms with Crippen LogP contribution >= 0.6 is 0 Å². The highest BCUT2D eigenvalue weighted by molar-refractivity contribution is 6.03. The number of hydrogen-bond acceptors (Lipinski definition) is 5. The zero-order valence-electron chi connectivity index (χ0n) is 13.4. The van der Waals surface area contributed by atoms with E-state index in [2.05, 4.69) is 20.6 Å². The Morgan fingerprint density at radius 1 is 1.22 bits per heavy atom. The molecule has 0 saturated carbocycles. The summed E-state index contributed by atoms with van der Waals surface area (Å²) >= 11 is 0. The highest BCUT2D eigenvalue weighted by atomic mass is 19.1. The van der Waals surface area contributed by atoms with E-state index in [9.17, 15) is 9.18 Å². The number of carbonyl (C=O) groups excluding carboxylic acids is 1. The Balaban J connectivity index is 2.07. The monoisotopic (exact) mass is 317 g/mol. The molecule has 7 heteroatoms. The van der Waals surface area contributed by atoms with Gasteiger partial charge in [-0.1, -0.05) is 0 Å². The van der Waals surface area contributed by atoms with Crippen molar-refractivity contribution in [2.75, 3.05) is 37.8 Å². The average molecular weight is 317 g/mol. The van der Waals surface area contributed by atoms with Crippen molar-refractivity contribution in [2.24, 2.45) is 0 Å². The standard InChI is InChI=1S/C16H20FN5O/c1-11-10-14(21-16(19-11)18-8-9-22(2)3)15(23)20-13-6-4-12(17)5-7-13/h4-7,10H,8-9H2,1-3H3,(H,20,23)(H,18,19,21). The molecule has 0 unspecified atom stereocenters. The van der Waals surface area contributed by atoms with Crippen LogP contribution in [0.25, 0.3) is 0 Å². The molecule has 0 aliphatic rings. The summed E-state index contributed by atoms with van der Waals surface area (Å²) in [5.41, 5.74) is 1.46. The Bertz CT molecular complexity index is 673. The Hall–Kier alpha value is -2.54. The van der Waals surface area contributed by atoms with Crippen molar-refractivity contribution in [2.45, 2.75) is 6.92 Å². The third-order valence-electron chi connectivity index (χ3n) is 3.03. The molecule has 1 aromatic heterocycles. The minimum absolute atomic E-state index is 0.258. The SMILES string of the molecule is Cc1cc(C(=O)Nc2ccc(F)cc2)nc(NCCN(C)C)n1. The summed E-state index contributed by atoms with van der Waals surface area (Å²) in [7, 11) is 3.95. The highest BCUT2D eigenvalue weighted by Gasteiger charge is 2.11. The number of rotatable bonds is 6. The van der Waals surface area contributed by atoms with Crippen LogP contribution in [0.1, 0.15) is 16.2 Å². The van der Waals surface area contributed by atoms with Crippen LogP contribution in [0.5, 0.6) is 0 Å². The fraction of sp³-hybridized carbons (Fsp3) is 0.312. The van der Waals surface area contributed by atoms with Gasteiger partial charge >= 0.3 is 0 Å². The van der Waals surface area contributed by atoms with E-state index < -0.39 is 0 Å². The molecular weight excluding hydrogens is 297 g/mol. The van der Waals surface area contributed by atoms with Crippen molar-refractivity contribution in [3.05, 3.63) is 47.5 Å². The van der Waals surface area contributed by atoms with Crippen molar-refractivity contribution in [1.82, 2.24) is 14.9 Å². The van der Waals surface area contributed by atoms with Gasteiger partial charge in [-0.05, 0) is 51.4 Å². The summed E-state index contributed by atoms with van der Waals surface area (Å²) in [6.45, 7) is 3.30. The molecule has 0 aliphatic carbocycles. The van der Waals surface area contributed by atoms with E-state index in [-0.39, 0.29) is 17.4 Å². The van der Waals surface area contributed by atoms with Gasteiger partial charge in [0.2, 0.25) is 5.95 Å². The first-order valence-corrected chi connectivity index (χ1v) is 7.25. The normalized spacial score (nSPS) is 10.7. The number of halogens is 1. The first-order valence-electron chi connectivity index (χ1n) is 7.25. The first-order chi connectivity index (χ1) is 10.9. The smallest absolute Gasteiger partial charge is 0.274 e. The molecule has 0 radical (unpaired) electrons. The number of carbonyl (C=O) groups is 1. The lowest BCUT2D eigenvalue weighted by Crippen LogP contribution is -2.22. The molecule has 2 rings (SSSR count). The van der Waals surface area contributed by atoms with Gasteiger partial charge in [0, 0.05) is 24.5 Å². The molecule has 0 aliphatic heterocycles. The maximum absolute atomic E-state index is 12.9. The maximum atomic E-state index is 12.9. The molecule has 6 nitrogen and oxygen atoms in total. The van der Waals surface area contributed by atoms with E-state index in [0.29, 0.717) is 23.9 Å². The summed E-state index contributed by atoms with van der Waals surface area (Å²) in [6, 6.07) is 7.18. The largest absolute Gasteiger partial charge is 0.353 e. The van der Waals surface area contributed by atoms with Crippen molar-refractivity contribution >= 4 is 17.5 Å². The van der Waals surface area contributed by atoms with E-state index in [1.54, 1.807) is 13.0 Å². The zero-order chi connectivity index (χ0) is 16.8. The molecule has 0 fully saturated rings. The Labute approximate surface area is 134 Å². The van der Waals surface area contributed by atoms with Crippen LogP contribution in [-0.2, 0) is 0 Å². The summed E-state index contributed by atoms with van der Waals surface area (Å²) in [5.74, 6) is -0.304. The van der Waals surface area contributed by atoms with Crippen LogP contribution in [0.4, 0.5) is 16.0 Å². The number of amides is 1. The molecule has 23 heavy (non-hydrogen) atoms. The average Bonchev–Trinajstić information content (AvgIpc) is 2.48. The second-order valence-electron chi connectivity index (χ2n) is 5.41. The van der Waals surface area contributed by atoms with Gasteiger partial charge < -0.3 is 15.5 Å². The fourth-order valence-electron chi connectivity index (χ4n) is 1.88. The molecule has 1 amide bonds. The number of anilines is 2. The maximum Gasteiger partial charge on any atom is 0.274 e. The van der Waals surface area contributed by atoms with Crippen LogP contribution in [-0.4, -0.2) is 48.0 Å². The van der Waals surface area contributed by atoms with Crippen LogP contribution in [0.2, 0.25) is 0 Å². The lowest BCUT2D eigenvalue weighted by atomic mass is 10.3. The van der Waals surface area contributed by atoms with E-state index in [1.165, 1.54) is 24.3 Å². The summed E-state index contributed by atoms with van der Waals surface area (Å²) < 4.78 is 12.9. The van der Waals surface area contributed by atoms with Gasteiger partial charge in [0.1, 0.15) is 11.5 Å². The summed E-state index contributed by atoms with van der Waals surface area (Å²) in [6.07, 6.45) is 0. The molecule has 0 saturated heterocycles. The van der Waals surface area contributed by atoms with Crippen molar-refractivity contribution in [3.63, 3.8) is 0 Å². The molecule has 122 valence electrons. The Morgan fingerprint density at radius 2 is 1.91 bits per heavy atom. The third-order valence-corrected chi connectivity index (χ3v) is 3.03. The molecular formula is C16H20FN5O. The molecule has 0 bridgehead atoms. The van der Waals surface area contributed by atoms with Crippen molar-refractivity contribution in [3.8, 4) is 0 Å². The number of likely N-dealkylation sites (N-methyl/N-ethyl adjacent to an activating group) is 1. The van der Waals surface area contributed by atoms with Gasteiger partial charge in [-0.25, -0.2) is 14.4 Å². The quantitative estimate of drug-likeness (QED) is 0.854. The minimum Gasteiger partial charge on any atom is -0.353 e. The minimum atomic E-state index is -0.363. The lowest BCUT2D eigenvalue weighted by Gasteiger charge is -2.11. The van der Waals surface area contributed by atoms with Gasteiger partial charge in [0.15, 0.2) is 0 Å². The highest BCUT2D eigenvalue weighted by Crippen LogP contribution is 2.11. The number of nitrogens with one attached hydrogen (secondary N) is 2. The predicted molar refractivity (Wildman–Crippen MR) is 88.2 cm³/mol. The fourth-order valence-corrected chi connectivity index (χ4v) is 1.88. The molecule has 1 aromatic carbocycles. The number of nitrogens with zero attached hydrogens (tertiary/aromatic N) is 3. The Kier molecular flexibility index (Phi) is 5.59. The lowest BCUT2D eigenvalue weighted by molar-refractivity contribution is 0.102. The van der Waals surface area contributed by atoms with Crippen LogP contribution in [0.15, 0.2) is 30.3 Å². The number of benzene rings is 1. The van der Waals surface area contributed by atoms with Gasteiger partial charge in [0.05, 0.1) is 0 Å². The topological polar surface area (TPSA) is 70.2 Å². The molecule has 0 atom stereocenters. The summed E-state index contributed by atoms with van der Waals surface area (Å²) in [5, 5.41) is 5.77. The molecule has 2 N–H and O–H groups in total. The van der Waals surface area contributed by atoms with Crippen molar-refractivity contribution < 1.29 is 9.18 Å². The molecule has 2 aromatic rings. The number of hydrogen-bond donors (Lipinski definition) is 2. The van der Waals surface area contributed by atoms with Gasteiger partial charge in [-0.3, -0.25) is 4.79 Å². The molecule has 0 spiro atoms. The van der Waals surface area contributed by atoms with E-state index in [4.69, 9.17) is 0 Å². The first kappa shape index (κ1) is 16.8. The van der Waals surface area contributed by atoms with Crippen molar-refractivity contribution in [1.29, 1.82) is 0 Å². The van der Waals surface area contributed by atoms with E-state index >= 15 is 0 Å². The molecule has 1 heterocycles. The third kappa shape index (κ3) is 5.30. The number of aromatic nitrogens is 2. The van der Waals surface area contributed by atoms with Gasteiger partial charge in [0.25, 0.3) is 5.91 Å². The predicted octanol–water partition coefficient (Wildman–Crippen LogP) is 2.15. The van der Waals surface area contributed by atoms with Crippen LogP contribution in [0.3, 0.4) is 0 Å². The Morgan fingerprint density at radius 3 is 2.57 bits per heavy atom. The number of aryl methyl sites for hydroxylation is 1. The van der Waals surface area contributed by atoms with E-state index in [1.807, 2.05) is 19.0 Å². The van der Waals surface area contributed by atoms with Crippen LogP contribution in [0, 0.1) is 12.7 Å². The second-order valence-corrected chi connectivity index (χ2v) is 5.41.